The Hall–Kier alpha value is -2.11. The number of hydrogen-bond acceptors (Lipinski definition) is 3. The van der Waals surface area contributed by atoms with E-state index in [-0.39, 0.29) is 18.4 Å². The summed E-state index contributed by atoms with van der Waals surface area (Å²) < 4.78 is 0. The molecule has 0 radical (unpaired) electrons. The Morgan fingerprint density at radius 1 is 1.39 bits per heavy atom. The summed E-state index contributed by atoms with van der Waals surface area (Å²) in [5, 5.41) is 2.71. The van der Waals surface area contributed by atoms with Gasteiger partial charge >= 0.3 is 5.69 Å². The molecule has 6 heteroatoms. The lowest BCUT2D eigenvalue weighted by Crippen LogP contribution is -2.34. The summed E-state index contributed by atoms with van der Waals surface area (Å²) in [6.45, 7) is 0.130. The predicted molar refractivity (Wildman–Crippen MR) is 66.0 cm³/mol. The zero-order chi connectivity index (χ0) is 13.0. The van der Waals surface area contributed by atoms with E-state index < -0.39 is 11.2 Å². The molecule has 3 N–H and O–H groups in total. The SMILES string of the molecule is O=C(NCc1c[nH]c(=O)[nH]c1=O)C1CC=CCC1. The van der Waals surface area contributed by atoms with E-state index >= 15 is 0 Å². The van der Waals surface area contributed by atoms with E-state index in [1.165, 1.54) is 6.20 Å². The van der Waals surface area contributed by atoms with Gasteiger partial charge < -0.3 is 10.3 Å². The van der Waals surface area contributed by atoms with Crippen molar-refractivity contribution >= 4 is 5.91 Å². The predicted octanol–water partition coefficient (Wildman–Crippen LogP) is 0.0357. The molecule has 0 aromatic carbocycles. The highest BCUT2D eigenvalue weighted by Gasteiger charge is 2.18. The minimum absolute atomic E-state index is 0.0168. The molecule has 1 aliphatic carbocycles. The monoisotopic (exact) mass is 249 g/mol. The smallest absolute Gasteiger partial charge is 0.325 e. The lowest BCUT2D eigenvalue weighted by atomic mass is 9.94. The molecule has 6 nitrogen and oxygen atoms in total. The molecule has 1 aromatic heterocycles. The van der Waals surface area contributed by atoms with Gasteiger partial charge in [-0.1, -0.05) is 12.2 Å². The maximum atomic E-state index is 11.8. The Bertz CT molecular complexity index is 570. The van der Waals surface area contributed by atoms with Crippen molar-refractivity contribution in [3.63, 3.8) is 0 Å². The van der Waals surface area contributed by atoms with Crippen molar-refractivity contribution in [2.75, 3.05) is 0 Å². The Balaban J connectivity index is 1.95. The summed E-state index contributed by atoms with van der Waals surface area (Å²) in [5.74, 6) is -0.0678. The van der Waals surface area contributed by atoms with Gasteiger partial charge in [-0.05, 0) is 19.3 Å². The van der Waals surface area contributed by atoms with Crippen LogP contribution in [-0.4, -0.2) is 15.9 Å². The van der Waals surface area contributed by atoms with Crippen LogP contribution >= 0.6 is 0 Å². The molecule has 0 saturated carbocycles. The van der Waals surface area contributed by atoms with Gasteiger partial charge in [0, 0.05) is 18.7 Å². The van der Waals surface area contributed by atoms with Gasteiger partial charge in [-0.2, -0.15) is 0 Å². The number of amides is 1. The van der Waals surface area contributed by atoms with Crippen LogP contribution in [0.25, 0.3) is 0 Å². The Morgan fingerprint density at radius 2 is 2.22 bits per heavy atom. The van der Waals surface area contributed by atoms with Crippen LogP contribution in [0.15, 0.2) is 27.9 Å². The van der Waals surface area contributed by atoms with E-state index in [1.807, 2.05) is 6.08 Å². The lowest BCUT2D eigenvalue weighted by molar-refractivity contribution is -0.125. The van der Waals surface area contributed by atoms with Crippen LogP contribution in [0.3, 0.4) is 0 Å². The number of H-pyrrole nitrogens is 2. The van der Waals surface area contributed by atoms with E-state index in [0.717, 1.165) is 19.3 Å². The zero-order valence-corrected chi connectivity index (χ0v) is 9.86. The molecule has 1 amide bonds. The minimum Gasteiger partial charge on any atom is -0.352 e. The standard InChI is InChI=1S/C12H15N3O3/c16-10(8-4-2-1-3-5-8)13-6-9-7-14-12(18)15-11(9)17/h1-2,7-8H,3-6H2,(H,13,16)(H2,14,15,17,18). The van der Waals surface area contributed by atoms with Gasteiger partial charge in [0.1, 0.15) is 0 Å². The van der Waals surface area contributed by atoms with Gasteiger partial charge in [-0.15, -0.1) is 0 Å². The van der Waals surface area contributed by atoms with Gasteiger partial charge in [0.15, 0.2) is 0 Å². The summed E-state index contributed by atoms with van der Waals surface area (Å²) in [6, 6.07) is 0. The van der Waals surface area contributed by atoms with Crippen molar-refractivity contribution in [2.45, 2.75) is 25.8 Å². The van der Waals surface area contributed by atoms with Crippen LogP contribution in [0.4, 0.5) is 0 Å². The summed E-state index contributed by atoms with van der Waals surface area (Å²) in [5.41, 5.74) is -0.676. The number of hydrogen-bond donors (Lipinski definition) is 3. The first-order valence-electron chi connectivity index (χ1n) is 5.90. The second-order valence-corrected chi connectivity index (χ2v) is 4.30. The first-order valence-corrected chi connectivity index (χ1v) is 5.90. The topological polar surface area (TPSA) is 94.8 Å². The van der Waals surface area contributed by atoms with Gasteiger partial charge in [0.25, 0.3) is 5.56 Å². The van der Waals surface area contributed by atoms with Crippen molar-refractivity contribution in [1.29, 1.82) is 0 Å². The van der Waals surface area contributed by atoms with Gasteiger partial charge in [0.2, 0.25) is 5.91 Å². The second-order valence-electron chi connectivity index (χ2n) is 4.30. The highest BCUT2D eigenvalue weighted by atomic mass is 16.2. The van der Waals surface area contributed by atoms with E-state index in [4.69, 9.17) is 0 Å². The summed E-state index contributed by atoms with van der Waals surface area (Å²) in [6.07, 6.45) is 7.88. The highest BCUT2D eigenvalue weighted by Crippen LogP contribution is 2.17. The third-order valence-corrected chi connectivity index (χ3v) is 2.99. The zero-order valence-electron chi connectivity index (χ0n) is 9.86. The molecule has 1 aromatic rings. The number of allylic oxidation sites excluding steroid dienone is 2. The molecule has 1 atom stereocenters. The largest absolute Gasteiger partial charge is 0.352 e. The third-order valence-electron chi connectivity index (χ3n) is 2.99. The van der Waals surface area contributed by atoms with E-state index in [1.54, 1.807) is 0 Å². The fourth-order valence-corrected chi connectivity index (χ4v) is 1.93. The van der Waals surface area contributed by atoms with Gasteiger partial charge in [-0.3, -0.25) is 14.6 Å². The molecule has 18 heavy (non-hydrogen) atoms. The molecule has 0 fully saturated rings. The van der Waals surface area contributed by atoms with Crippen molar-refractivity contribution in [3.05, 3.63) is 44.8 Å². The van der Waals surface area contributed by atoms with Crippen LogP contribution in [0, 0.1) is 5.92 Å². The highest BCUT2D eigenvalue weighted by molar-refractivity contribution is 5.78. The molecule has 1 heterocycles. The van der Waals surface area contributed by atoms with Crippen LogP contribution in [0.2, 0.25) is 0 Å². The fraction of sp³-hybridized carbons (Fsp3) is 0.417. The average Bonchev–Trinajstić information content (AvgIpc) is 2.38. The van der Waals surface area contributed by atoms with Crippen LogP contribution in [0.5, 0.6) is 0 Å². The molecule has 0 aliphatic heterocycles. The first kappa shape index (κ1) is 12.3. The Kier molecular flexibility index (Phi) is 3.76. The molecular weight excluding hydrogens is 234 g/mol. The molecule has 0 spiro atoms. The van der Waals surface area contributed by atoms with E-state index in [0.29, 0.717) is 5.56 Å². The van der Waals surface area contributed by atoms with Crippen molar-refractivity contribution < 1.29 is 4.79 Å². The number of rotatable bonds is 3. The molecule has 2 rings (SSSR count). The molecule has 0 bridgehead atoms. The summed E-state index contributed by atoms with van der Waals surface area (Å²) in [7, 11) is 0. The molecule has 96 valence electrons. The van der Waals surface area contributed by atoms with Crippen LogP contribution in [0.1, 0.15) is 24.8 Å². The average molecular weight is 249 g/mol. The number of aromatic nitrogens is 2. The fourth-order valence-electron chi connectivity index (χ4n) is 1.93. The van der Waals surface area contributed by atoms with E-state index in [2.05, 4.69) is 21.4 Å². The second kappa shape index (κ2) is 5.48. The lowest BCUT2D eigenvalue weighted by Gasteiger charge is -2.16. The van der Waals surface area contributed by atoms with Gasteiger partial charge in [0.05, 0.1) is 5.56 Å². The van der Waals surface area contributed by atoms with Gasteiger partial charge in [-0.25, -0.2) is 4.79 Å². The maximum absolute atomic E-state index is 11.8. The molecule has 1 aliphatic rings. The Morgan fingerprint density at radius 3 is 2.89 bits per heavy atom. The number of carbonyl (C=O) groups excluding carboxylic acids is 1. The van der Waals surface area contributed by atoms with Crippen molar-refractivity contribution in [1.82, 2.24) is 15.3 Å². The maximum Gasteiger partial charge on any atom is 0.325 e. The molecule has 1 unspecified atom stereocenters. The summed E-state index contributed by atoms with van der Waals surface area (Å²) in [4.78, 5) is 38.5. The number of aromatic amines is 2. The minimum atomic E-state index is -0.549. The molecular formula is C12H15N3O3. The normalized spacial score (nSPS) is 18.6. The van der Waals surface area contributed by atoms with Crippen LogP contribution < -0.4 is 16.6 Å². The van der Waals surface area contributed by atoms with Crippen LogP contribution in [-0.2, 0) is 11.3 Å². The number of carbonyl (C=O) groups is 1. The third kappa shape index (κ3) is 2.97. The van der Waals surface area contributed by atoms with Crippen molar-refractivity contribution in [2.24, 2.45) is 5.92 Å². The quantitative estimate of drug-likeness (QED) is 0.660. The summed E-state index contributed by atoms with van der Waals surface area (Å²) >= 11 is 0. The first-order chi connectivity index (χ1) is 8.66. The van der Waals surface area contributed by atoms with Crippen molar-refractivity contribution in [3.8, 4) is 0 Å². The number of nitrogens with one attached hydrogen (secondary N) is 3. The van der Waals surface area contributed by atoms with E-state index in [9.17, 15) is 14.4 Å². The molecule has 0 saturated heterocycles. The Labute approximate surface area is 103 Å².